The number of benzene rings is 2. The second-order valence-corrected chi connectivity index (χ2v) is 5.13. The first-order valence-corrected chi connectivity index (χ1v) is 7.04. The summed E-state index contributed by atoms with van der Waals surface area (Å²) in [5.41, 5.74) is 0.524. The zero-order valence-corrected chi connectivity index (χ0v) is 12.6. The first kappa shape index (κ1) is 16.4. The average molecular weight is 325 g/mol. The molecule has 0 aliphatic rings. The number of hydrogen-bond acceptors (Lipinski definition) is 2. The maximum Gasteiger partial charge on any atom is 0.234 e. The Labute approximate surface area is 132 Å². The molecule has 116 valence electrons. The smallest absolute Gasteiger partial charge is 0.234 e. The van der Waals surface area contributed by atoms with Crippen molar-refractivity contribution in [1.82, 2.24) is 10.6 Å². The van der Waals surface area contributed by atoms with Crippen LogP contribution in [0.1, 0.15) is 17.2 Å². The fraction of sp³-hybridized carbons (Fsp3) is 0.188. The minimum Gasteiger partial charge on any atom is -0.344 e. The molecule has 0 saturated heterocycles. The van der Waals surface area contributed by atoms with Crippen molar-refractivity contribution < 1.29 is 13.6 Å². The van der Waals surface area contributed by atoms with Crippen LogP contribution in [-0.2, 0) is 4.79 Å². The Kier molecular flexibility index (Phi) is 5.46. The predicted octanol–water partition coefficient (Wildman–Crippen LogP) is 3.04. The van der Waals surface area contributed by atoms with Gasteiger partial charge in [0, 0.05) is 10.6 Å². The van der Waals surface area contributed by atoms with Crippen LogP contribution < -0.4 is 10.6 Å². The summed E-state index contributed by atoms with van der Waals surface area (Å²) in [7, 11) is 1.62. The number of halogens is 3. The molecule has 1 atom stereocenters. The highest BCUT2D eigenvalue weighted by atomic mass is 35.5. The van der Waals surface area contributed by atoms with Gasteiger partial charge in [-0.15, -0.1) is 0 Å². The number of nitrogens with one attached hydrogen (secondary N) is 2. The van der Waals surface area contributed by atoms with Crippen molar-refractivity contribution in [1.29, 1.82) is 0 Å². The monoisotopic (exact) mass is 324 g/mol. The summed E-state index contributed by atoms with van der Waals surface area (Å²) in [4.78, 5) is 11.9. The summed E-state index contributed by atoms with van der Waals surface area (Å²) >= 11 is 6.14. The maximum atomic E-state index is 14.1. The van der Waals surface area contributed by atoms with Crippen LogP contribution in [0.2, 0.25) is 5.02 Å². The second kappa shape index (κ2) is 7.33. The van der Waals surface area contributed by atoms with Crippen molar-refractivity contribution >= 4 is 17.5 Å². The third kappa shape index (κ3) is 3.81. The minimum absolute atomic E-state index is 0.0255. The van der Waals surface area contributed by atoms with Crippen molar-refractivity contribution in [2.24, 2.45) is 0 Å². The largest absolute Gasteiger partial charge is 0.344 e. The van der Waals surface area contributed by atoms with Crippen LogP contribution in [0, 0.1) is 11.6 Å². The molecule has 2 rings (SSSR count). The SMILES string of the molecule is CNCC(=O)NC(c1cc(F)ccc1F)c1ccccc1Cl. The summed E-state index contributed by atoms with van der Waals surface area (Å²) in [6, 6.07) is 8.97. The molecule has 22 heavy (non-hydrogen) atoms. The molecule has 2 N–H and O–H groups in total. The standard InChI is InChI=1S/C16H15ClF2N2O/c1-20-9-15(22)21-16(11-4-2-3-5-13(11)17)12-8-10(18)6-7-14(12)19/h2-8,16,20H,9H2,1H3,(H,21,22). The molecule has 6 heteroatoms. The molecule has 0 aliphatic heterocycles. The van der Waals surface area contributed by atoms with Gasteiger partial charge in [-0.1, -0.05) is 29.8 Å². The lowest BCUT2D eigenvalue weighted by atomic mass is 9.97. The Hall–Kier alpha value is -1.98. The van der Waals surface area contributed by atoms with E-state index in [1.165, 1.54) is 0 Å². The van der Waals surface area contributed by atoms with E-state index in [0.29, 0.717) is 10.6 Å². The molecule has 0 radical (unpaired) electrons. The Morgan fingerprint density at radius 1 is 1.18 bits per heavy atom. The summed E-state index contributed by atoms with van der Waals surface area (Å²) in [5, 5.41) is 5.73. The van der Waals surface area contributed by atoms with E-state index in [2.05, 4.69) is 10.6 Å². The minimum atomic E-state index is -0.870. The van der Waals surface area contributed by atoms with Gasteiger partial charge in [-0.05, 0) is 36.9 Å². The molecule has 2 aromatic carbocycles. The van der Waals surface area contributed by atoms with E-state index in [1.54, 1.807) is 31.3 Å². The molecule has 2 aromatic rings. The molecule has 1 amide bonds. The third-order valence-corrected chi connectivity index (χ3v) is 3.47. The van der Waals surface area contributed by atoms with E-state index >= 15 is 0 Å². The second-order valence-electron chi connectivity index (χ2n) is 4.72. The molecule has 0 aliphatic carbocycles. The van der Waals surface area contributed by atoms with Crippen LogP contribution in [0.5, 0.6) is 0 Å². The number of rotatable bonds is 5. The summed E-state index contributed by atoms with van der Waals surface area (Å²) in [5.74, 6) is -1.55. The zero-order valence-electron chi connectivity index (χ0n) is 11.9. The van der Waals surface area contributed by atoms with Gasteiger partial charge in [0.2, 0.25) is 5.91 Å². The summed E-state index contributed by atoms with van der Waals surface area (Å²) in [6.07, 6.45) is 0. The van der Waals surface area contributed by atoms with Crippen LogP contribution in [0.15, 0.2) is 42.5 Å². The van der Waals surface area contributed by atoms with Gasteiger partial charge in [0.1, 0.15) is 11.6 Å². The van der Waals surface area contributed by atoms with Gasteiger partial charge in [-0.25, -0.2) is 8.78 Å². The molecule has 0 heterocycles. The number of amides is 1. The van der Waals surface area contributed by atoms with E-state index < -0.39 is 17.7 Å². The van der Waals surface area contributed by atoms with Gasteiger partial charge in [-0.2, -0.15) is 0 Å². The van der Waals surface area contributed by atoms with Gasteiger partial charge < -0.3 is 10.6 Å². The van der Waals surface area contributed by atoms with Crippen LogP contribution in [-0.4, -0.2) is 19.5 Å². The fourth-order valence-corrected chi connectivity index (χ4v) is 2.39. The number of likely N-dealkylation sites (N-methyl/N-ethyl adjacent to an activating group) is 1. The highest BCUT2D eigenvalue weighted by Gasteiger charge is 2.22. The number of carbonyl (C=O) groups is 1. The van der Waals surface area contributed by atoms with Crippen molar-refractivity contribution in [3.63, 3.8) is 0 Å². The molecular formula is C16H15ClF2N2O. The highest BCUT2D eigenvalue weighted by Crippen LogP contribution is 2.30. The lowest BCUT2D eigenvalue weighted by Crippen LogP contribution is -2.36. The zero-order chi connectivity index (χ0) is 16.1. The Morgan fingerprint density at radius 2 is 1.91 bits per heavy atom. The maximum absolute atomic E-state index is 14.1. The lowest BCUT2D eigenvalue weighted by molar-refractivity contribution is -0.120. The Bertz CT molecular complexity index is 679. The summed E-state index contributed by atoms with van der Waals surface area (Å²) < 4.78 is 27.6. The van der Waals surface area contributed by atoms with E-state index in [9.17, 15) is 13.6 Å². The van der Waals surface area contributed by atoms with Crippen LogP contribution in [0.25, 0.3) is 0 Å². The van der Waals surface area contributed by atoms with Crippen molar-refractivity contribution in [3.05, 3.63) is 70.2 Å². The van der Waals surface area contributed by atoms with Crippen molar-refractivity contribution in [2.75, 3.05) is 13.6 Å². The van der Waals surface area contributed by atoms with Gasteiger partial charge in [0.15, 0.2) is 0 Å². The van der Waals surface area contributed by atoms with Crippen molar-refractivity contribution in [2.45, 2.75) is 6.04 Å². The first-order valence-electron chi connectivity index (χ1n) is 6.66. The van der Waals surface area contributed by atoms with E-state index in [-0.39, 0.29) is 18.0 Å². The molecule has 1 unspecified atom stereocenters. The average Bonchev–Trinajstić information content (AvgIpc) is 2.49. The van der Waals surface area contributed by atoms with E-state index in [0.717, 1.165) is 18.2 Å². The Balaban J connectivity index is 2.48. The fourth-order valence-electron chi connectivity index (χ4n) is 2.14. The molecular weight excluding hydrogens is 310 g/mol. The molecule has 0 bridgehead atoms. The molecule has 0 fully saturated rings. The topological polar surface area (TPSA) is 41.1 Å². The normalized spacial score (nSPS) is 12.0. The molecule has 3 nitrogen and oxygen atoms in total. The van der Waals surface area contributed by atoms with E-state index in [1.807, 2.05) is 0 Å². The van der Waals surface area contributed by atoms with Gasteiger partial charge in [-0.3, -0.25) is 4.79 Å². The molecule has 0 saturated carbocycles. The van der Waals surface area contributed by atoms with Gasteiger partial charge in [0.05, 0.1) is 12.6 Å². The quantitative estimate of drug-likeness (QED) is 0.887. The van der Waals surface area contributed by atoms with Crippen LogP contribution >= 0.6 is 11.6 Å². The first-order chi connectivity index (χ1) is 10.5. The predicted molar refractivity (Wildman–Crippen MR) is 81.7 cm³/mol. The van der Waals surface area contributed by atoms with E-state index in [4.69, 9.17) is 11.6 Å². The molecule has 0 aromatic heterocycles. The number of carbonyl (C=O) groups excluding carboxylic acids is 1. The number of hydrogen-bond donors (Lipinski definition) is 2. The van der Waals surface area contributed by atoms with Gasteiger partial charge in [0.25, 0.3) is 0 Å². The van der Waals surface area contributed by atoms with Crippen molar-refractivity contribution in [3.8, 4) is 0 Å². The van der Waals surface area contributed by atoms with Gasteiger partial charge >= 0.3 is 0 Å². The third-order valence-electron chi connectivity index (χ3n) is 3.13. The van der Waals surface area contributed by atoms with Crippen LogP contribution in [0.4, 0.5) is 8.78 Å². The highest BCUT2D eigenvalue weighted by molar-refractivity contribution is 6.31. The Morgan fingerprint density at radius 3 is 2.59 bits per heavy atom. The summed E-state index contributed by atoms with van der Waals surface area (Å²) in [6.45, 7) is 0.0535. The lowest BCUT2D eigenvalue weighted by Gasteiger charge is -2.21. The van der Waals surface area contributed by atoms with Crippen LogP contribution in [0.3, 0.4) is 0 Å². The molecule has 0 spiro atoms.